The van der Waals surface area contributed by atoms with E-state index in [2.05, 4.69) is 5.32 Å². The van der Waals surface area contributed by atoms with Gasteiger partial charge < -0.3 is 14.8 Å². The summed E-state index contributed by atoms with van der Waals surface area (Å²) in [6, 6.07) is 7.78. The Labute approximate surface area is 161 Å². The summed E-state index contributed by atoms with van der Waals surface area (Å²) in [4.78, 5) is 22.9. The van der Waals surface area contributed by atoms with Crippen LogP contribution in [0.3, 0.4) is 0 Å². The molecule has 0 spiro atoms. The molecule has 0 saturated carbocycles. The Morgan fingerprint density at radius 1 is 1.15 bits per heavy atom. The molecule has 0 aliphatic carbocycles. The van der Waals surface area contributed by atoms with E-state index < -0.39 is 10.8 Å². The molecule has 0 bridgehead atoms. The quantitative estimate of drug-likeness (QED) is 0.578. The van der Waals surface area contributed by atoms with Gasteiger partial charge in [0.15, 0.2) is 11.5 Å². The fraction of sp³-hybridized carbons (Fsp3) is 0.316. The number of anilines is 1. The highest BCUT2D eigenvalue weighted by Gasteiger charge is 2.31. The highest BCUT2D eigenvalue weighted by molar-refractivity contribution is 6.31. The van der Waals surface area contributed by atoms with E-state index in [0.717, 1.165) is 5.56 Å². The minimum Gasteiger partial charge on any atom is -0.490 e. The molecule has 0 fully saturated rings. The highest BCUT2D eigenvalue weighted by atomic mass is 35.5. The van der Waals surface area contributed by atoms with Gasteiger partial charge in [-0.25, -0.2) is 0 Å². The molecule has 8 heteroatoms. The number of nitro benzene ring substituents is 1. The van der Waals surface area contributed by atoms with Crippen LogP contribution in [0.2, 0.25) is 5.02 Å². The zero-order valence-electron chi connectivity index (χ0n) is 15.0. The van der Waals surface area contributed by atoms with Crippen molar-refractivity contribution in [1.82, 2.24) is 0 Å². The minimum atomic E-state index is -0.479. The number of nitrogens with one attached hydrogen (secondary N) is 1. The van der Waals surface area contributed by atoms with Crippen LogP contribution in [0, 0.1) is 10.1 Å². The average Bonchev–Trinajstić information content (AvgIpc) is 2.62. The Balaban J connectivity index is 2.15. The normalized spacial score (nSPS) is 15.7. The third kappa shape index (κ3) is 3.83. The SMILES string of the molecule is CCOc1cc2c(cc1OCC)C(c1cc([N+](=O)[O-])ccc1Cl)CC(=O)N2. The molecule has 1 heterocycles. The number of halogens is 1. The fourth-order valence-corrected chi connectivity index (χ4v) is 3.44. The fourth-order valence-electron chi connectivity index (χ4n) is 3.19. The second kappa shape index (κ2) is 7.84. The summed E-state index contributed by atoms with van der Waals surface area (Å²) in [6.07, 6.45) is 0.132. The lowest BCUT2D eigenvalue weighted by Gasteiger charge is -2.28. The van der Waals surface area contributed by atoms with Gasteiger partial charge >= 0.3 is 0 Å². The number of hydrogen-bond donors (Lipinski definition) is 1. The third-order valence-electron chi connectivity index (χ3n) is 4.32. The largest absolute Gasteiger partial charge is 0.490 e. The molecular weight excluding hydrogens is 372 g/mol. The van der Waals surface area contributed by atoms with Gasteiger partial charge in [0.2, 0.25) is 5.91 Å². The summed E-state index contributed by atoms with van der Waals surface area (Å²) >= 11 is 6.32. The van der Waals surface area contributed by atoms with Crippen LogP contribution in [0.4, 0.5) is 11.4 Å². The van der Waals surface area contributed by atoms with Gasteiger partial charge in [0.25, 0.3) is 5.69 Å². The Morgan fingerprint density at radius 3 is 2.44 bits per heavy atom. The predicted molar refractivity (Wildman–Crippen MR) is 102 cm³/mol. The molecule has 0 aromatic heterocycles. The van der Waals surface area contributed by atoms with Crippen LogP contribution in [-0.4, -0.2) is 24.0 Å². The van der Waals surface area contributed by atoms with Gasteiger partial charge in [-0.1, -0.05) is 11.6 Å². The van der Waals surface area contributed by atoms with Crippen molar-refractivity contribution in [3.8, 4) is 11.5 Å². The van der Waals surface area contributed by atoms with Crippen molar-refractivity contribution >= 4 is 28.9 Å². The first-order valence-corrected chi connectivity index (χ1v) is 8.99. The highest BCUT2D eigenvalue weighted by Crippen LogP contribution is 2.45. The number of ether oxygens (including phenoxy) is 2. The molecule has 1 aliphatic rings. The smallest absolute Gasteiger partial charge is 0.269 e. The van der Waals surface area contributed by atoms with Crippen LogP contribution in [-0.2, 0) is 4.79 Å². The number of non-ortho nitro benzene ring substituents is 1. The monoisotopic (exact) mass is 390 g/mol. The molecule has 3 rings (SSSR count). The summed E-state index contributed by atoms with van der Waals surface area (Å²) in [5, 5.41) is 14.4. The summed E-state index contributed by atoms with van der Waals surface area (Å²) in [5.74, 6) is 0.475. The number of nitro groups is 1. The lowest BCUT2D eigenvalue weighted by Crippen LogP contribution is -2.24. The number of carbonyl (C=O) groups excluding carboxylic acids is 1. The third-order valence-corrected chi connectivity index (χ3v) is 4.66. The Bertz CT molecular complexity index is 900. The lowest BCUT2D eigenvalue weighted by molar-refractivity contribution is -0.384. The van der Waals surface area contributed by atoms with Gasteiger partial charge in [0, 0.05) is 41.2 Å². The van der Waals surface area contributed by atoms with Gasteiger partial charge in [-0.2, -0.15) is 0 Å². The van der Waals surface area contributed by atoms with E-state index in [0.29, 0.717) is 41.0 Å². The molecule has 7 nitrogen and oxygen atoms in total. The first-order valence-electron chi connectivity index (χ1n) is 8.61. The predicted octanol–water partition coefficient (Wildman–Crippen LogP) is 4.52. The van der Waals surface area contributed by atoms with Crippen LogP contribution >= 0.6 is 11.6 Å². The first-order chi connectivity index (χ1) is 12.9. The molecule has 1 aliphatic heterocycles. The molecule has 27 heavy (non-hydrogen) atoms. The Hall–Kier alpha value is -2.80. The number of nitrogens with zero attached hydrogens (tertiary/aromatic N) is 1. The topological polar surface area (TPSA) is 90.7 Å². The molecular formula is C19H19ClN2O5. The van der Waals surface area contributed by atoms with Crippen molar-refractivity contribution in [3.63, 3.8) is 0 Å². The van der Waals surface area contributed by atoms with Crippen molar-refractivity contribution in [2.24, 2.45) is 0 Å². The van der Waals surface area contributed by atoms with Gasteiger partial charge in [0.05, 0.1) is 18.1 Å². The van der Waals surface area contributed by atoms with Crippen LogP contribution in [0.15, 0.2) is 30.3 Å². The lowest BCUT2D eigenvalue weighted by atomic mass is 9.84. The number of benzene rings is 2. The molecule has 1 N–H and O–H groups in total. The summed E-state index contributed by atoms with van der Waals surface area (Å²) < 4.78 is 11.3. The van der Waals surface area contributed by atoms with Crippen molar-refractivity contribution < 1.29 is 19.2 Å². The standard InChI is InChI=1S/C19H19ClN2O5/c1-3-26-17-8-14-12(13-7-11(22(24)25)5-6-15(13)20)9-19(23)21-16(14)10-18(17)27-4-2/h5-8,10,12H,3-4,9H2,1-2H3,(H,21,23). The second-order valence-electron chi connectivity index (χ2n) is 6.02. The van der Waals surface area contributed by atoms with Crippen molar-refractivity contribution in [2.45, 2.75) is 26.2 Å². The van der Waals surface area contributed by atoms with E-state index in [1.807, 2.05) is 19.9 Å². The van der Waals surface area contributed by atoms with Gasteiger partial charge in [-0.3, -0.25) is 14.9 Å². The molecule has 0 radical (unpaired) electrons. The van der Waals surface area contributed by atoms with Crippen molar-refractivity contribution in [2.75, 3.05) is 18.5 Å². The van der Waals surface area contributed by atoms with Crippen LogP contribution in [0.1, 0.15) is 37.3 Å². The number of rotatable bonds is 6. The van der Waals surface area contributed by atoms with E-state index >= 15 is 0 Å². The van der Waals surface area contributed by atoms with Crippen molar-refractivity contribution in [1.29, 1.82) is 0 Å². The second-order valence-corrected chi connectivity index (χ2v) is 6.43. The van der Waals surface area contributed by atoms with Gasteiger partial charge in [0.1, 0.15) is 0 Å². The van der Waals surface area contributed by atoms with Crippen LogP contribution in [0.5, 0.6) is 11.5 Å². The van der Waals surface area contributed by atoms with Gasteiger partial charge in [-0.05, 0) is 37.1 Å². The van der Waals surface area contributed by atoms with Crippen LogP contribution < -0.4 is 14.8 Å². The minimum absolute atomic E-state index is 0.0714. The Morgan fingerprint density at radius 2 is 1.81 bits per heavy atom. The zero-order chi connectivity index (χ0) is 19.6. The average molecular weight is 391 g/mol. The molecule has 1 unspecified atom stereocenters. The maximum atomic E-state index is 12.3. The maximum absolute atomic E-state index is 12.3. The number of fused-ring (bicyclic) bond motifs is 1. The number of amides is 1. The summed E-state index contributed by atoms with van der Waals surface area (Å²) in [6.45, 7) is 4.63. The van der Waals surface area contributed by atoms with E-state index in [4.69, 9.17) is 21.1 Å². The van der Waals surface area contributed by atoms with Crippen LogP contribution in [0.25, 0.3) is 0 Å². The van der Waals surface area contributed by atoms with Crippen molar-refractivity contribution in [3.05, 3.63) is 56.6 Å². The van der Waals surface area contributed by atoms with E-state index in [-0.39, 0.29) is 18.0 Å². The molecule has 2 aromatic rings. The first kappa shape index (κ1) is 19.0. The number of carbonyl (C=O) groups is 1. The molecule has 1 amide bonds. The van der Waals surface area contributed by atoms with E-state index in [1.165, 1.54) is 18.2 Å². The summed E-state index contributed by atoms with van der Waals surface area (Å²) in [7, 11) is 0. The van der Waals surface area contributed by atoms with E-state index in [1.54, 1.807) is 6.07 Å². The molecule has 0 saturated heterocycles. The maximum Gasteiger partial charge on any atom is 0.269 e. The zero-order valence-corrected chi connectivity index (χ0v) is 15.7. The number of hydrogen-bond acceptors (Lipinski definition) is 5. The van der Waals surface area contributed by atoms with E-state index in [9.17, 15) is 14.9 Å². The molecule has 142 valence electrons. The summed E-state index contributed by atoms with van der Waals surface area (Å²) in [5.41, 5.74) is 1.83. The Kier molecular flexibility index (Phi) is 5.51. The van der Waals surface area contributed by atoms with Gasteiger partial charge in [-0.15, -0.1) is 0 Å². The molecule has 1 atom stereocenters. The molecule has 2 aromatic carbocycles.